The lowest BCUT2D eigenvalue weighted by Gasteiger charge is -2.09. The number of anilines is 1. The molecule has 0 bridgehead atoms. The quantitative estimate of drug-likeness (QED) is 0.275. The van der Waals surface area contributed by atoms with E-state index in [0.29, 0.717) is 21.3 Å². The van der Waals surface area contributed by atoms with Crippen LogP contribution in [0, 0.1) is 6.92 Å². The molecule has 0 aliphatic carbocycles. The summed E-state index contributed by atoms with van der Waals surface area (Å²) in [4.78, 5) is 23.1. The fourth-order valence-corrected chi connectivity index (χ4v) is 5.38. The van der Waals surface area contributed by atoms with E-state index in [4.69, 9.17) is 16.6 Å². The first-order valence-corrected chi connectivity index (χ1v) is 12.2. The smallest absolute Gasteiger partial charge is 0.258 e. The van der Waals surface area contributed by atoms with Crippen LogP contribution in [-0.2, 0) is 0 Å². The highest BCUT2D eigenvalue weighted by Crippen LogP contribution is 2.32. The minimum Gasteiger partial charge on any atom is -0.322 e. The highest BCUT2D eigenvalue weighted by molar-refractivity contribution is 7.99. The van der Waals surface area contributed by atoms with Crippen molar-refractivity contribution in [1.29, 1.82) is 0 Å². The Balaban J connectivity index is 1.33. The van der Waals surface area contributed by atoms with Gasteiger partial charge in [0.2, 0.25) is 0 Å². The normalized spacial score (nSPS) is 11.0. The largest absolute Gasteiger partial charge is 0.322 e. The second kappa shape index (κ2) is 9.35. The number of halogens is 1. The van der Waals surface area contributed by atoms with Gasteiger partial charge in [0.15, 0.2) is 0 Å². The van der Waals surface area contributed by atoms with E-state index in [1.165, 1.54) is 22.0 Å². The number of aromatic nitrogens is 2. The first-order chi connectivity index (χ1) is 16.0. The summed E-state index contributed by atoms with van der Waals surface area (Å²) in [5, 5.41) is 5.24. The second-order valence-electron chi connectivity index (χ2n) is 7.43. The summed E-state index contributed by atoms with van der Waals surface area (Å²) >= 11 is 9.07. The molecule has 3 aromatic carbocycles. The Kier molecular flexibility index (Phi) is 6.13. The summed E-state index contributed by atoms with van der Waals surface area (Å²) in [6, 6.07) is 25.0. The van der Waals surface area contributed by atoms with Crippen LogP contribution >= 0.6 is 34.7 Å². The summed E-state index contributed by atoms with van der Waals surface area (Å²) in [6.45, 7) is 2.08. The number of rotatable bonds is 5. The molecule has 0 fully saturated rings. The molecule has 7 heteroatoms. The number of thiazole rings is 1. The number of aryl methyl sites for hydroxylation is 1. The summed E-state index contributed by atoms with van der Waals surface area (Å²) in [7, 11) is 0. The summed E-state index contributed by atoms with van der Waals surface area (Å²) in [5.41, 5.74) is 4.47. The predicted molar refractivity (Wildman–Crippen MR) is 138 cm³/mol. The van der Waals surface area contributed by atoms with Gasteiger partial charge in [0.25, 0.3) is 5.91 Å². The van der Waals surface area contributed by atoms with Crippen molar-refractivity contribution in [3.8, 4) is 10.6 Å². The molecule has 2 heterocycles. The molecule has 1 amide bonds. The Hall–Kier alpha value is -3.19. The third kappa shape index (κ3) is 4.93. The van der Waals surface area contributed by atoms with E-state index in [1.54, 1.807) is 29.7 Å². The van der Waals surface area contributed by atoms with Crippen LogP contribution in [0.3, 0.4) is 0 Å². The van der Waals surface area contributed by atoms with Crippen LogP contribution in [-0.4, -0.2) is 15.9 Å². The number of carbonyl (C=O) groups is 1. The first-order valence-electron chi connectivity index (χ1n) is 10.2. The lowest BCUT2D eigenvalue weighted by atomic mass is 10.2. The zero-order valence-electron chi connectivity index (χ0n) is 17.6. The molecule has 33 heavy (non-hydrogen) atoms. The van der Waals surface area contributed by atoms with Crippen molar-refractivity contribution in [2.75, 3.05) is 5.32 Å². The molecule has 0 aliphatic heterocycles. The van der Waals surface area contributed by atoms with Gasteiger partial charge in [0, 0.05) is 27.4 Å². The van der Waals surface area contributed by atoms with E-state index in [9.17, 15) is 4.79 Å². The van der Waals surface area contributed by atoms with Crippen molar-refractivity contribution in [2.24, 2.45) is 0 Å². The van der Waals surface area contributed by atoms with E-state index in [0.717, 1.165) is 21.0 Å². The number of amides is 1. The van der Waals surface area contributed by atoms with Crippen LogP contribution in [0.1, 0.15) is 15.9 Å². The van der Waals surface area contributed by atoms with E-state index >= 15 is 0 Å². The number of hydrogen-bond donors (Lipinski definition) is 1. The summed E-state index contributed by atoms with van der Waals surface area (Å²) in [5.74, 6) is -0.206. The molecule has 0 spiro atoms. The van der Waals surface area contributed by atoms with Crippen molar-refractivity contribution in [1.82, 2.24) is 9.97 Å². The minimum absolute atomic E-state index is 0.206. The van der Waals surface area contributed by atoms with Gasteiger partial charge >= 0.3 is 0 Å². The fourth-order valence-electron chi connectivity index (χ4n) is 3.31. The van der Waals surface area contributed by atoms with Gasteiger partial charge in [-0.15, -0.1) is 11.3 Å². The molecule has 0 radical (unpaired) electrons. The third-order valence-electron chi connectivity index (χ3n) is 4.98. The number of carbonyl (C=O) groups excluding carboxylic acids is 1. The lowest BCUT2D eigenvalue weighted by Crippen LogP contribution is -2.13. The van der Waals surface area contributed by atoms with Crippen LogP contribution in [0.4, 0.5) is 5.69 Å². The number of benzene rings is 3. The van der Waals surface area contributed by atoms with Gasteiger partial charge in [-0.1, -0.05) is 29.4 Å². The minimum atomic E-state index is -0.206. The van der Waals surface area contributed by atoms with Gasteiger partial charge < -0.3 is 5.32 Å². The molecule has 5 aromatic rings. The van der Waals surface area contributed by atoms with Crippen molar-refractivity contribution >= 4 is 56.5 Å². The number of nitrogens with one attached hydrogen (secondary N) is 1. The van der Waals surface area contributed by atoms with Crippen LogP contribution in [0.5, 0.6) is 0 Å². The van der Waals surface area contributed by atoms with Crippen LogP contribution in [0.15, 0.2) is 95.0 Å². The zero-order valence-corrected chi connectivity index (χ0v) is 20.0. The molecule has 1 N–H and O–H groups in total. The van der Waals surface area contributed by atoms with Gasteiger partial charge in [-0.25, -0.2) is 9.97 Å². The molecule has 5 rings (SSSR count). The number of hydrogen-bond acceptors (Lipinski definition) is 5. The second-order valence-corrected chi connectivity index (χ2v) is 9.96. The van der Waals surface area contributed by atoms with Crippen LogP contribution in [0.2, 0.25) is 5.02 Å². The first kappa shape index (κ1) is 21.6. The van der Waals surface area contributed by atoms with Crippen LogP contribution < -0.4 is 5.32 Å². The molecular formula is C26H18ClN3OS2. The van der Waals surface area contributed by atoms with Gasteiger partial charge in [-0.05, 0) is 85.3 Å². The summed E-state index contributed by atoms with van der Waals surface area (Å²) in [6.07, 6.45) is 1.68. The van der Waals surface area contributed by atoms with E-state index in [2.05, 4.69) is 29.4 Å². The fraction of sp³-hybridized carbons (Fsp3) is 0.0385. The summed E-state index contributed by atoms with van der Waals surface area (Å²) < 4.78 is 1.17. The van der Waals surface area contributed by atoms with E-state index in [-0.39, 0.29) is 5.91 Å². The maximum Gasteiger partial charge on any atom is 0.258 e. The Morgan fingerprint density at radius 1 is 1.00 bits per heavy atom. The topological polar surface area (TPSA) is 54.9 Å². The van der Waals surface area contributed by atoms with Crippen molar-refractivity contribution in [2.45, 2.75) is 16.8 Å². The standard InChI is InChI=1S/C26H18ClN3OS2/c1-16-4-13-22-23(15-16)33-25(30-22)17-5-9-19(10-6-17)29-24(31)21-3-2-14-28-26(21)32-20-11-7-18(27)8-12-20/h2-15H,1H3,(H,29,31). The van der Waals surface area contributed by atoms with Crippen molar-refractivity contribution < 1.29 is 4.79 Å². The highest BCUT2D eigenvalue weighted by Gasteiger charge is 2.14. The van der Waals surface area contributed by atoms with Crippen molar-refractivity contribution in [3.05, 3.63) is 101 Å². The van der Waals surface area contributed by atoms with E-state index in [1.807, 2.05) is 54.6 Å². The Morgan fingerprint density at radius 3 is 2.58 bits per heavy atom. The molecule has 0 aliphatic rings. The maximum atomic E-state index is 13.0. The Bertz CT molecular complexity index is 1450. The average Bonchev–Trinajstić information content (AvgIpc) is 3.24. The monoisotopic (exact) mass is 487 g/mol. The van der Waals surface area contributed by atoms with Gasteiger partial charge in [-0.3, -0.25) is 4.79 Å². The maximum absolute atomic E-state index is 13.0. The van der Waals surface area contributed by atoms with Gasteiger partial charge in [-0.2, -0.15) is 0 Å². The number of pyridine rings is 1. The molecule has 4 nitrogen and oxygen atoms in total. The van der Waals surface area contributed by atoms with Gasteiger partial charge in [0.05, 0.1) is 15.8 Å². The van der Waals surface area contributed by atoms with Crippen molar-refractivity contribution in [3.63, 3.8) is 0 Å². The van der Waals surface area contributed by atoms with Gasteiger partial charge in [0.1, 0.15) is 10.0 Å². The highest BCUT2D eigenvalue weighted by atomic mass is 35.5. The molecule has 0 unspecified atom stereocenters. The van der Waals surface area contributed by atoms with Crippen LogP contribution in [0.25, 0.3) is 20.8 Å². The predicted octanol–water partition coefficient (Wildman–Crippen LogP) is 7.72. The third-order valence-corrected chi connectivity index (χ3v) is 7.32. The van der Waals surface area contributed by atoms with E-state index < -0.39 is 0 Å². The lowest BCUT2D eigenvalue weighted by molar-refractivity contribution is 0.102. The number of fused-ring (bicyclic) bond motifs is 1. The molecular weight excluding hydrogens is 470 g/mol. The zero-order chi connectivity index (χ0) is 22.8. The average molecular weight is 488 g/mol. The molecule has 162 valence electrons. The SMILES string of the molecule is Cc1ccc2nc(-c3ccc(NC(=O)c4cccnc4Sc4ccc(Cl)cc4)cc3)sc2c1. The number of nitrogens with zero attached hydrogens (tertiary/aromatic N) is 2. The molecule has 2 aromatic heterocycles. The Morgan fingerprint density at radius 2 is 1.79 bits per heavy atom. The molecule has 0 saturated heterocycles. The molecule has 0 atom stereocenters. The molecule has 0 saturated carbocycles. The Labute approximate surface area is 204 Å².